The van der Waals surface area contributed by atoms with Gasteiger partial charge in [0.2, 0.25) is 0 Å². The lowest BCUT2D eigenvalue weighted by atomic mass is 9.96. The molecule has 170 valence electrons. The van der Waals surface area contributed by atoms with Crippen LogP contribution in [-0.4, -0.2) is 57.9 Å². The summed E-state index contributed by atoms with van der Waals surface area (Å²) in [5, 5.41) is 7.27. The van der Waals surface area contributed by atoms with Crippen molar-refractivity contribution in [3.63, 3.8) is 0 Å². The molecule has 0 atom stereocenters. The van der Waals surface area contributed by atoms with Gasteiger partial charge in [0, 0.05) is 31.3 Å². The van der Waals surface area contributed by atoms with Crippen LogP contribution in [0.4, 0.5) is 0 Å². The molecule has 2 aromatic heterocycles. The number of nitrogens with zero attached hydrogens (tertiary/aromatic N) is 4. The van der Waals surface area contributed by atoms with Crippen LogP contribution in [0.25, 0.3) is 22.3 Å². The Labute approximate surface area is 192 Å². The molecule has 1 N–H and O–H groups in total. The van der Waals surface area contributed by atoms with Crippen LogP contribution < -0.4 is 9.47 Å². The van der Waals surface area contributed by atoms with E-state index in [1.807, 2.05) is 41.6 Å². The molecule has 0 saturated carbocycles. The molecule has 5 rings (SSSR count). The van der Waals surface area contributed by atoms with Crippen molar-refractivity contribution in [1.29, 1.82) is 0 Å². The molecule has 0 spiro atoms. The Bertz CT molecular complexity index is 1270. The number of H-pyrrole nitrogens is 1. The maximum absolute atomic E-state index is 13.1. The van der Waals surface area contributed by atoms with Crippen molar-refractivity contribution in [2.45, 2.75) is 19.4 Å². The minimum absolute atomic E-state index is 0.0206. The molecule has 0 radical (unpaired) electrons. The predicted octanol–water partition coefficient (Wildman–Crippen LogP) is 4.00. The zero-order valence-electron chi connectivity index (χ0n) is 18.8. The van der Waals surface area contributed by atoms with E-state index < -0.39 is 0 Å². The number of piperidine rings is 1. The summed E-state index contributed by atoms with van der Waals surface area (Å²) in [6, 6.07) is 15.5. The van der Waals surface area contributed by atoms with Crippen LogP contribution in [0.3, 0.4) is 0 Å². The van der Waals surface area contributed by atoms with Crippen molar-refractivity contribution in [3.05, 3.63) is 60.6 Å². The minimum atomic E-state index is -0.0206. The number of hydrogen-bond donors (Lipinski definition) is 1. The van der Waals surface area contributed by atoms with Gasteiger partial charge in [-0.25, -0.2) is 4.98 Å². The zero-order chi connectivity index (χ0) is 22.8. The van der Waals surface area contributed by atoms with E-state index in [-0.39, 0.29) is 5.91 Å². The van der Waals surface area contributed by atoms with Crippen LogP contribution in [0.1, 0.15) is 23.3 Å². The van der Waals surface area contributed by atoms with Gasteiger partial charge in [0.15, 0.2) is 0 Å². The van der Waals surface area contributed by atoms with Crippen molar-refractivity contribution in [2.24, 2.45) is 5.92 Å². The van der Waals surface area contributed by atoms with Crippen molar-refractivity contribution in [1.82, 2.24) is 24.6 Å². The van der Waals surface area contributed by atoms with E-state index in [1.165, 1.54) is 0 Å². The van der Waals surface area contributed by atoms with Gasteiger partial charge in [-0.1, -0.05) is 12.1 Å². The van der Waals surface area contributed by atoms with Crippen LogP contribution in [0.5, 0.6) is 11.5 Å². The summed E-state index contributed by atoms with van der Waals surface area (Å²) in [4.78, 5) is 19.5. The van der Waals surface area contributed by atoms with Gasteiger partial charge in [-0.05, 0) is 49.1 Å². The predicted molar refractivity (Wildman–Crippen MR) is 125 cm³/mol. The zero-order valence-corrected chi connectivity index (χ0v) is 18.8. The summed E-state index contributed by atoms with van der Waals surface area (Å²) in [7, 11) is 3.22. The Morgan fingerprint density at radius 3 is 2.70 bits per heavy atom. The second kappa shape index (κ2) is 8.97. The number of rotatable bonds is 6. The average molecular weight is 446 g/mol. The lowest BCUT2D eigenvalue weighted by Gasteiger charge is -2.32. The van der Waals surface area contributed by atoms with E-state index in [1.54, 1.807) is 26.4 Å². The number of nitrogens with one attached hydrogen (secondary N) is 1. The Hall–Kier alpha value is -3.81. The monoisotopic (exact) mass is 445 g/mol. The first-order valence-corrected chi connectivity index (χ1v) is 11.1. The first-order chi connectivity index (χ1) is 16.2. The van der Waals surface area contributed by atoms with Gasteiger partial charge in [-0.15, -0.1) is 0 Å². The SMILES string of the molecule is COc1ccc(-c2cc(C(=O)N3CCC(Cn4cnc5ccccc54)CC3)[nH]n2)c(OC)c1. The molecule has 0 unspecified atom stereocenters. The standard InChI is InChI=1S/C25H27N5O3/c1-32-18-7-8-19(24(13-18)33-2)21-14-22(28-27-21)25(31)29-11-9-17(10-12-29)15-30-16-26-20-5-3-4-6-23(20)30/h3-8,13-14,16-17H,9-12,15H2,1-2H3,(H,27,28). The first kappa shape index (κ1) is 21.1. The first-order valence-electron chi connectivity index (χ1n) is 11.1. The summed E-state index contributed by atoms with van der Waals surface area (Å²) in [5.41, 5.74) is 4.14. The van der Waals surface area contributed by atoms with Crippen molar-refractivity contribution in [3.8, 4) is 22.8 Å². The lowest BCUT2D eigenvalue weighted by Crippen LogP contribution is -2.39. The van der Waals surface area contributed by atoms with Crippen LogP contribution in [0.2, 0.25) is 0 Å². The number of amides is 1. The number of para-hydroxylation sites is 2. The topological polar surface area (TPSA) is 85.3 Å². The number of carbonyl (C=O) groups is 1. The number of carbonyl (C=O) groups excluding carboxylic acids is 1. The van der Waals surface area contributed by atoms with E-state index >= 15 is 0 Å². The Morgan fingerprint density at radius 1 is 1.09 bits per heavy atom. The van der Waals surface area contributed by atoms with Crippen molar-refractivity contribution < 1.29 is 14.3 Å². The second-order valence-electron chi connectivity index (χ2n) is 8.35. The third-order valence-electron chi connectivity index (χ3n) is 6.38. The highest BCUT2D eigenvalue weighted by Crippen LogP contribution is 2.32. The maximum Gasteiger partial charge on any atom is 0.271 e. The molecule has 1 fully saturated rings. The summed E-state index contributed by atoms with van der Waals surface area (Å²) >= 11 is 0. The molecule has 1 aliphatic rings. The summed E-state index contributed by atoms with van der Waals surface area (Å²) in [5.74, 6) is 1.85. The Kier molecular flexibility index (Phi) is 5.73. The van der Waals surface area contributed by atoms with E-state index in [0.717, 1.165) is 49.1 Å². The van der Waals surface area contributed by atoms with Crippen LogP contribution in [0.15, 0.2) is 54.9 Å². The molecule has 4 aromatic rings. The number of hydrogen-bond acceptors (Lipinski definition) is 5. The highest BCUT2D eigenvalue weighted by molar-refractivity contribution is 5.93. The van der Waals surface area contributed by atoms with E-state index in [2.05, 4.69) is 25.8 Å². The number of likely N-dealkylation sites (tertiary alicyclic amines) is 1. The highest BCUT2D eigenvalue weighted by atomic mass is 16.5. The molecule has 33 heavy (non-hydrogen) atoms. The highest BCUT2D eigenvalue weighted by Gasteiger charge is 2.26. The van der Waals surface area contributed by atoms with Gasteiger partial charge < -0.3 is 18.9 Å². The van der Waals surface area contributed by atoms with Gasteiger partial charge in [-0.3, -0.25) is 9.89 Å². The minimum Gasteiger partial charge on any atom is -0.497 e. The molecular weight excluding hydrogens is 418 g/mol. The normalized spacial score (nSPS) is 14.5. The average Bonchev–Trinajstić information content (AvgIpc) is 3.51. The Morgan fingerprint density at radius 2 is 1.91 bits per heavy atom. The third kappa shape index (κ3) is 4.16. The molecule has 2 aromatic carbocycles. The van der Waals surface area contributed by atoms with Crippen LogP contribution >= 0.6 is 0 Å². The molecular formula is C25H27N5O3. The molecule has 0 aliphatic carbocycles. The molecule has 8 heteroatoms. The van der Waals surface area contributed by atoms with Gasteiger partial charge >= 0.3 is 0 Å². The molecule has 1 saturated heterocycles. The lowest BCUT2D eigenvalue weighted by molar-refractivity contribution is 0.0677. The summed E-state index contributed by atoms with van der Waals surface area (Å²) in [6.07, 6.45) is 3.85. The van der Waals surface area contributed by atoms with Crippen LogP contribution in [0, 0.1) is 5.92 Å². The summed E-state index contributed by atoms with van der Waals surface area (Å²) in [6.45, 7) is 2.39. The number of methoxy groups -OCH3 is 2. The molecule has 1 aliphatic heterocycles. The molecule has 1 amide bonds. The number of fused-ring (bicyclic) bond motifs is 1. The van der Waals surface area contributed by atoms with Gasteiger partial charge in [-0.2, -0.15) is 5.10 Å². The smallest absolute Gasteiger partial charge is 0.271 e. The molecule has 3 heterocycles. The molecule has 8 nitrogen and oxygen atoms in total. The molecule has 0 bridgehead atoms. The number of ether oxygens (including phenoxy) is 2. The quantitative estimate of drug-likeness (QED) is 0.485. The van der Waals surface area contributed by atoms with Gasteiger partial charge in [0.25, 0.3) is 5.91 Å². The number of benzene rings is 2. The fourth-order valence-corrected chi connectivity index (χ4v) is 4.50. The van der Waals surface area contributed by atoms with Crippen LogP contribution in [-0.2, 0) is 6.54 Å². The van der Waals surface area contributed by atoms with E-state index in [0.29, 0.717) is 28.8 Å². The number of aromatic amines is 1. The third-order valence-corrected chi connectivity index (χ3v) is 6.38. The second-order valence-corrected chi connectivity index (χ2v) is 8.35. The number of aromatic nitrogens is 4. The van der Waals surface area contributed by atoms with Gasteiger partial charge in [0.05, 0.1) is 37.3 Å². The van der Waals surface area contributed by atoms with Gasteiger partial charge in [0.1, 0.15) is 17.2 Å². The summed E-state index contributed by atoms with van der Waals surface area (Å²) < 4.78 is 13.0. The largest absolute Gasteiger partial charge is 0.497 e. The van der Waals surface area contributed by atoms with Crippen molar-refractivity contribution in [2.75, 3.05) is 27.3 Å². The van der Waals surface area contributed by atoms with Crippen molar-refractivity contribution >= 4 is 16.9 Å². The van der Waals surface area contributed by atoms with E-state index in [9.17, 15) is 4.79 Å². The maximum atomic E-state index is 13.1. The number of imidazole rings is 1. The fourth-order valence-electron chi connectivity index (χ4n) is 4.50. The fraction of sp³-hybridized carbons (Fsp3) is 0.320. The van der Waals surface area contributed by atoms with E-state index in [4.69, 9.17) is 9.47 Å². The Balaban J connectivity index is 1.23.